The number of allylic oxidation sites excluding steroid dienone is 1. The van der Waals surface area contributed by atoms with Crippen LogP contribution in [-0.2, 0) is 4.57 Å². The van der Waals surface area contributed by atoms with Crippen LogP contribution in [0.1, 0.15) is 97.3 Å². The highest BCUT2D eigenvalue weighted by Gasteiger charge is 2.21. The molecule has 0 spiro atoms. The zero-order chi connectivity index (χ0) is 19.8. The first-order chi connectivity index (χ1) is 12.3. The van der Waals surface area contributed by atoms with E-state index in [0.29, 0.717) is 0 Å². The Bertz CT molecular complexity index is 409. The summed E-state index contributed by atoms with van der Waals surface area (Å²) in [6, 6.07) is -0.629. The van der Waals surface area contributed by atoms with Crippen LogP contribution in [0.5, 0.6) is 0 Å². The number of aliphatic hydroxyl groups is 1. The van der Waals surface area contributed by atoms with E-state index in [-0.39, 0.29) is 12.6 Å². The Kier molecular flexibility index (Phi) is 15.7. The van der Waals surface area contributed by atoms with Crippen LogP contribution in [0.15, 0.2) is 11.6 Å². The van der Waals surface area contributed by atoms with E-state index in [1.165, 1.54) is 64.2 Å². The number of rotatable bonds is 17. The van der Waals surface area contributed by atoms with E-state index in [4.69, 9.17) is 15.5 Å². The molecule has 0 aliphatic heterocycles. The zero-order valence-electron chi connectivity index (χ0n) is 16.9. The number of hydrogen-bond donors (Lipinski definition) is 4. The van der Waals surface area contributed by atoms with Crippen molar-refractivity contribution in [2.75, 3.05) is 6.16 Å². The fraction of sp³-hybridized carbons (Fsp3) is 0.900. The second-order valence-electron chi connectivity index (χ2n) is 7.56. The van der Waals surface area contributed by atoms with Crippen molar-refractivity contribution in [2.24, 2.45) is 5.73 Å². The van der Waals surface area contributed by atoms with E-state index in [9.17, 15) is 9.67 Å². The molecule has 5 N–H and O–H groups in total. The fourth-order valence-corrected chi connectivity index (χ4v) is 3.71. The summed E-state index contributed by atoms with van der Waals surface area (Å²) in [5.41, 5.74) is 6.63. The molecule has 156 valence electrons. The lowest BCUT2D eigenvalue weighted by Crippen LogP contribution is -2.36. The molecular weight excluding hydrogens is 349 g/mol. The molecule has 0 aromatic rings. The first kappa shape index (κ1) is 25.8. The van der Waals surface area contributed by atoms with Crippen LogP contribution in [-0.4, -0.2) is 33.2 Å². The molecule has 0 amide bonds. The molecule has 0 aromatic carbocycles. The number of aliphatic hydroxyl groups excluding tert-OH is 1. The first-order valence-electron chi connectivity index (χ1n) is 10.4. The van der Waals surface area contributed by atoms with E-state index < -0.39 is 19.7 Å². The molecule has 0 fully saturated rings. The maximum atomic E-state index is 10.9. The van der Waals surface area contributed by atoms with Crippen LogP contribution in [0.2, 0.25) is 0 Å². The second kappa shape index (κ2) is 15.8. The summed E-state index contributed by atoms with van der Waals surface area (Å²) in [7, 11) is -4.05. The molecule has 0 unspecified atom stereocenters. The average Bonchev–Trinajstić information content (AvgIpc) is 2.59. The minimum absolute atomic E-state index is 0.120. The van der Waals surface area contributed by atoms with E-state index >= 15 is 0 Å². The van der Waals surface area contributed by atoms with E-state index in [1.807, 2.05) is 13.0 Å². The lowest BCUT2D eigenvalue weighted by molar-refractivity contribution is 0.176. The molecular formula is C20H42NO4P. The highest BCUT2D eigenvalue weighted by atomic mass is 31.2. The Morgan fingerprint density at radius 1 is 0.962 bits per heavy atom. The third-order valence-electron chi connectivity index (χ3n) is 4.90. The van der Waals surface area contributed by atoms with E-state index in [1.54, 1.807) is 0 Å². The van der Waals surface area contributed by atoms with Gasteiger partial charge in [-0.05, 0) is 31.8 Å². The standard InChI is InChI=1S/C20H42NO4P/c1-3-4-5-6-7-8-9-10-11-12-13-14-15-18(2)20(22)19(21)16-17-26(23,24)25/h15,19-20,22H,3-14,16-17,21H2,1-2H3,(H2,23,24,25)/t19-,20+/m0/s1. The third kappa shape index (κ3) is 16.0. The van der Waals surface area contributed by atoms with Crippen LogP contribution < -0.4 is 5.73 Å². The van der Waals surface area contributed by atoms with Gasteiger partial charge in [0.25, 0.3) is 0 Å². The topological polar surface area (TPSA) is 104 Å². The molecule has 0 aromatic heterocycles. The van der Waals surface area contributed by atoms with Gasteiger partial charge in [-0.2, -0.15) is 0 Å². The predicted molar refractivity (Wildman–Crippen MR) is 110 cm³/mol. The van der Waals surface area contributed by atoms with Gasteiger partial charge in [-0.3, -0.25) is 4.57 Å². The van der Waals surface area contributed by atoms with E-state index in [0.717, 1.165) is 18.4 Å². The molecule has 0 heterocycles. The van der Waals surface area contributed by atoms with Gasteiger partial charge in [-0.1, -0.05) is 77.2 Å². The van der Waals surface area contributed by atoms with Crippen molar-refractivity contribution in [1.29, 1.82) is 0 Å². The summed E-state index contributed by atoms with van der Waals surface area (Å²) >= 11 is 0. The van der Waals surface area contributed by atoms with Crippen LogP contribution in [0.4, 0.5) is 0 Å². The summed E-state index contributed by atoms with van der Waals surface area (Å²) in [6.45, 7) is 4.08. The predicted octanol–water partition coefficient (Wildman–Crippen LogP) is 4.89. The maximum Gasteiger partial charge on any atom is 0.325 e. The first-order valence-corrected chi connectivity index (χ1v) is 12.2. The minimum Gasteiger partial charge on any atom is -0.387 e. The summed E-state index contributed by atoms with van der Waals surface area (Å²) in [5, 5.41) is 10.1. The van der Waals surface area contributed by atoms with Crippen molar-refractivity contribution < 1.29 is 19.5 Å². The Hall–Kier alpha value is -0.190. The number of hydrogen-bond acceptors (Lipinski definition) is 3. The molecule has 26 heavy (non-hydrogen) atoms. The van der Waals surface area contributed by atoms with Gasteiger partial charge in [0.15, 0.2) is 0 Å². The molecule has 0 bridgehead atoms. The molecule has 0 radical (unpaired) electrons. The highest BCUT2D eigenvalue weighted by molar-refractivity contribution is 7.51. The highest BCUT2D eigenvalue weighted by Crippen LogP contribution is 2.35. The molecule has 0 saturated heterocycles. The molecule has 6 heteroatoms. The van der Waals surface area contributed by atoms with Gasteiger partial charge in [-0.25, -0.2) is 0 Å². The molecule has 0 saturated carbocycles. The Morgan fingerprint density at radius 3 is 1.88 bits per heavy atom. The Morgan fingerprint density at radius 2 is 1.42 bits per heavy atom. The van der Waals surface area contributed by atoms with Crippen LogP contribution in [0.25, 0.3) is 0 Å². The number of unbranched alkanes of at least 4 members (excludes halogenated alkanes) is 11. The van der Waals surface area contributed by atoms with Crippen molar-refractivity contribution in [3.63, 3.8) is 0 Å². The molecule has 0 aliphatic rings. The molecule has 0 aliphatic carbocycles. The van der Waals surface area contributed by atoms with Gasteiger partial charge in [0.1, 0.15) is 0 Å². The largest absolute Gasteiger partial charge is 0.387 e. The van der Waals surface area contributed by atoms with Crippen molar-refractivity contribution >= 4 is 7.60 Å². The normalized spacial score (nSPS) is 15.2. The van der Waals surface area contributed by atoms with Gasteiger partial charge in [0, 0.05) is 6.04 Å². The Labute approximate surface area is 160 Å². The van der Waals surface area contributed by atoms with Gasteiger partial charge in [-0.15, -0.1) is 0 Å². The minimum atomic E-state index is -4.05. The van der Waals surface area contributed by atoms with Crippen molar-refractivity contribution in [1.82, 2.24) is 0 Å². The summed E-state index contributed by atoms with van der Waals surface area (Å²) in [5.74, 6) is 0. The number of nitrogens with two attached hydrogens (primary N) is 1. The Balaban J connectivity index is 3.66. The van der Waals surface area contributed by atoms with Crippen molar-refractivity contribution in [2.45, 2.75) is 109 Å². The quantitative estimate of drug-likeness (QED) is 0.161. The van der Waals surface area contributed by atoms with Crippen LogP contribution in [0.3, 0.4) is 0 Å². The second-order valence-corrected chi connectivity index (χ2v) is 9.33. The molecule has 2 atom stereocenters. The van der Waals surface area contributed by atoms with Crippen LogP contribution >= 0.6 is 7.60 Å². The monoisotopic (exact) mass is 391 g/mol. The van der Waals surface area contributed by atoms with Gasteiger partial charge >= 0.3 is 7.60 Å². The lowest BCUT2D eigenvalue weighted by atomic mass is 10.0. The van der Waals surface area contributed by atoms with Crippen molar-refractivity contribution in [3.8, 4) is 0 Å². The summed E-state index contributed by atoms with van der Waals surface area (Å²) < 4.78 is 10.9. The fourth-order valence-electron chi connectivity index (χ4n) is 3.07. The lowest BCUT2D eigenvalue weighted by Gasteiger charge is -2.20. The van der Waals surface area contributed by atoms with Gasteiger partial charge < -0.3 is 20.6 Å². The smallest absolute Gasteiger partial charge is 0.325 e. The molecule has 5 nitrogen and oxygen atoms in total. The van der Waals surface area contributed by atoms with Crippen LogP contribution in [0, 0.1) is 0 Å². The zero-order valence-corrected chi connectivity index (χ0v) is 17.8. The molecule has 0 rings (SSSR count). The third-order valence-corrected chi connectivity index (χ3v) is 5.74. The van der Waals surface area contributed by atoms with Gasteiger partial charge in [0.2, 0.25) is 0 Å². The van der Waals surface area contributed by atoms with Crippen molar-refractivity contribution in [3.05, 3.63) is 11.6 Å². The maximum absolute atomic E-state index is 10.9. The SMILES string of the molecule is CCCCCCCCCCCCCC=C(C)[C@@H](O)[C@@H](N)CCP(=O)(O)O. The summed E-state index contributed by atoms with van der Waals surface area (Å²) in [4.78, 5) is 17.7. The van der Waals surface area contributed by atoms with E-state index in [2.05, 4.69) is 6.92 Å². The average molecular weight is 392 g/mol. The van der Waals surface area contributed by atoms with Gasteiger partial charge in [0.05, 0.1) is 12.3 Å². The summed E-state index contributed by atoms with van der Waals surface area (Å²) in [6.07, 6.45) is 16.4.